The van der Waals surface area contributed by atoms with Crippen molar-refractivity contribution in [2.75, 3.05) is 5.73 Å². The molecule has 0 saturated carbocycles. The van der Waals surface area contributed by atoms with Crippen LogP contribution in [-0.4, -0.2) is 0 Å². The zero-order valence-electron chi connectivity index (χ0n) is 10.7. The van der Waals surface area contributed by atoms with Gasteiger partial charge in [-0.05, 0) is 35.6 Å². The number of benzene rings is 3. The molecule has 0 atom stereocenters. The Kier molecular flexibility index (Phi) is 2.92. The molecule has 0 unspecified atom stereocenters. The van der Waals surface area contributed by atoms with Crippen LogP contribution in [0.15, 0.2) is 54.6 Å². The van der Waals surface area contributed by atoms with Crippen molar-refractivity contribution in [3.8, 4) is 11.1 Å². The number of halogens is 1. The first-order chi connectivity index (χ1) is 9.16. The van der Waals surface area contributed by atoms with Crippen molar-refractivity contribution in [3.05, 3.63) is 65.2 Å². The Labute approximate surface area is 117 Å². The third-order valence-corrected chi connectivity index (χ3v) is 3.70. The lowest BCUT2D eigenvalue weighted by molar-refractivity contribution is 1.47. The number of hydrogen-bond acceptors (Lipinski definition) is 1. The number of aryl methyl sites for hydroxylation is 1. The molecule has 0 bridgehead atoms. The van der Waals surface area contributed by atoms with Crippen LogP contribution in [0.2, 0.25) is 5.02 Å². The first-order valence-electron chi connectivity index (χ1n) is 6.20. The van der Waals surface area contributed by atoms with Gasteiger partial charge in [0.2, 0.25) is 0 Å². The van der Waals surface area contributed by atoms with Crippen molar-refractivity contribution in [1.29, 1.82) is 0 Å². The summed E-state index contributed by atoms with van der Waals surface area (Å²) >= 11 is 6.25. The number of fused-ring (bicyclic) bond motifs is 1. The predicted octanol–water partition coefficient (Wildman–Crippen LogP) is 5.05. The maximum Gasteiger partial charge on any atom is 0.0484 e. The van der Waals surface area contributed by atoms with Crippen LogP contribution in [0.3, 0.4) is 0 Å². The van der Waals surface area contributed by atoms with Gasteiger partial charge in [-0.2, -0.15) is 0 Å². The topological polar surface area (TPSA) is 26.0 Å². The Bertz CT molecular complexity index is 762. The molecule has 0 radical (unpaired) electrons. The minimum Gasteiger partial charge on any atom is -0.398 e. The summed E-state index contributed by atoms with van der Waals surface area (Å²) in [7, 11) is 0. The molecule has 1 nitrogen and oxygen atoms in total. The molecule has 0 spiro atoms. The van der Waals surface area contributed by atoms with E-state index < -0.39 is 0 Å². The molecule has 94 valence electrons. The fraction of sp³-hybridized carbons (Fsp3) is 0.0588. The van der Waals surface area contributed by atoms with Crippen molar-refractivity contribution >= 4 is 28.1 Å². The lowest BCUT2D eigenvalue weighted by Crippen LogP contribution is -1.92. The minimum atomic E-state index is 0.769. The monoisotopic (exact) mass is 267 g/mol. The van der Waals surface area contributed by atoms with Gasteiger partial charge in [-0.25, -0.2) is 0 Å². The average Bonchev–Trinajstić information content (AvgIpc) is 2.41. The molecule has 0 heterocycles. The maximum atomic E-state index is 6.25. The Hall–Kier alpha value is -1.99. The van der Waals surface area contributed by atoms with Crippen LogP contribution in [-0.2, 0) is 0 Å². The van der Waals surface area contributed by atoms with E-state index in [0.29, 0.717) is 0 Å². The van der Waals surface area contributed by atoms with Gasteiger partial charge < -0.3 is 5.73 Å². The largest absolute Gasteiger partial charge is 0.398 e. The molecule has 0 aliphatic carbocycles. The highest BCUT2D eigenvalue weighted by Gasteiger charge is 2.08. The number of hydrogen-bond donors (Lipinski definition) is 1. The molecular weight excluding hydrogens is 254 g/mol. The van der Waals surface area contributed by atoms with Crippen LogP contribution in [0.5, 0.6) is 0 Å². The van der Waals surface area contributed by atoms with E-state index in [1.54, 1.807) is 0 Å². The molecule has 0 fully saturated rings. The molecule has 0 aliphatic rings. The van der Waals surface area contributed by atoms with E-state index in [0.717, 1.165) is 32.6 Å². The summed E-state index contributed by atoms with van der Waals surface area (Å²) in [6.07, 6.45) is 0. The summed E-state index contributed by atoms with van der Waals surface area (Å²) in [6.45, 7) is 2.04. The number of anilines is 1. The molecule has 0 saturated heterocycles. The second kappa shape index (κ2) is 4.60. The molecule has 2 N–H and O–H groups in total. The summed E-state index contributed by atoms with van der Waals surface area (Å²) in [5.74, 6) is 0. The molecule has 0 aliphatic heterocycles. The van der Waals surface area contributed by atoms with E-state index in [-0.39, 0.29) is 0 Å². The Morgan fingerprint density at radius 1 is 0.842 bits per heavy atom. The van der Waals surface area contributed by atoms with Crippen molar-refractivity contribution < 1.29 is 0 Å². The Balaban J connectivity index is 2.34. The second-order valence-electron chi connectivity index (χ2n) is 4.73. The Morgan fingerprint density at radius 3 is 2.26 bits per heavy atom. The van der Waals surface area contributed by atoms with Crippen molar-refractivity contribution in [2.24, 2.45) is 0 Å². The molecule has 3 aromatic carbocycles. The van der Waals surface area contributed by atoms with E-state index in [1.807, 2.05) is 43.3 Å². The maximum absolute atomic E-state index is 6.25. The fourth-order valence-corrected chi connectivity index (χ4v) is 2.65. The lowest BCUT2D eigenvalue weighted by atomic mass is 9.96. The van der Waals surface area contributed by atoms with Crippen LogP contribution in [0.4, 0.5) is 5.69 Å². The average molecular weight is 268 g/mol. The number of nitrogen functional groups attached to an aromatic ring is 1. The Morgan fingerprint density at radius 2 is 1.53 bits per heavy atom. The predicted molar refractivity (Wildman–Crippen MR) is 83.5 cm³/mol. The van der Waals surface area contributed by atoms with Crippen molar-refractivity contribution in [1.82, 2.24) is 0 Å². The summed E-state index contributed by atoms with van der Waals surface area (Å²) in [5.41, 5.74) is 10.3. The van der Waals surface area contributed by atoms with Gasteiger partial charge >= 0.3 is 0 Å². The van der Waals surface area contributed by atoms with E-state index >= 15 is 0 Å². The summed E-state index contributed by atoms with van der Waals surface area (Å²) in [4.78, 5) is 0. The number of rotatable bonds is 1. The van der Waals surface area contributed by atoms with Crippen LogP contribution in [0.25, 0.3) is 21.9 Å². The van der Waals surface area contributed by atoms with Crippen molar-refractivity contribution in [3.63, 3.8) is 0 Å². The van der Waals surface area contributed by atoms with Crippen LogP contribution < -0.4 is 5.73 Å². The zero-order valence-corrected chi connectivity index (χ0v) is 11.4. The highest BCUT2D eigenvalue weighted by molar-refractivity contribution is 6.36. The molecule has 0 amide bonds. The van der Waals surface area contributed by atoms with Crippen LogP contribution in [0, 0.1) is 6.92 Å². The highest BCUT2D eigenvalue weighted by Crippen LogP contribution is 2.35. The van der Waals surface area contributed by atoms with Crippen LogP contribution >= 0.6 is 11.6 Å². The summed E-state index contributed by atoms with van der Waals surface area (Å²) < 4.78 is 0. The molecular formula is C17H14ClN. The quantitative estimate of drug-likeness (QED) is 0.614. The van der Waals surface area contributed by atoms with Gasteiger partial charge in [-0.1, -0.05) is 54.1 Å². The van der Waals surface area contributed by atoms with Gasteiger partial charge in [0.05, 0.1) is 0 Å². The lowest BCUT2D eigenvalue weighted by Gasteiger charge is -2.11. The third-order valence-electron chi connectivity index (χ3n) is 3.37. The van der Waals surface area contributed by atoms with E-state index in [1.165, 1.54) is 5.56 Å². The molecule has 0 aromatic heterocycles. The molecule has 2 heteroatoms. The van der Waals surface area contributed by atoms with Crippen molar-refractivity contribution in [2.45, 2.75) is 6.92 Å². The van der Waals surface area contributed by atoms with Gasteiger partial charge in [0, 0.05) is 21.7 Å². The molecule has 3 rings (SSSR count). The minimum absolute atomic E-state index is 0.769. The molecule has 3 aromatic rings. The van der Waals surface area contributed by atoms with E-state index in [4.69, 9.17) is 17.3 Å². The third kappa shape index (κ3) is 2.06. The normalized spacial score (nSPS) is 10.8. The van der Waals surface area contributed by atoms with Gasteiger partial charge in [0.15, 0.2) is 0 Å². The van der Waals surface area contributed by atoms with Gasteiger partial charge in [0.1, 0.15) is 0 Å². The standard InChI is InChI=1S/C17H14ClN/c1-11-6-7-15(17(19)10-11)13-8-9-16(18)14-5-3-2-4-12(13)14/h2-10H,19H2,1H3. The SMILES string of the molecule is Cc1ccc(-c2ccc(Cl)c3ccccc23)c(N)c1. The zero-order chi connectivity index (χ0) is 13.4. The first-order valence-corrected chi connectivity index (χ1v) is 6.58. The van der Waals surface area contributed by atoms with E-state index in [9.17, 15) is 0 Å². The smallest absolute Gasteiger partial charge is 0.0484 e. The second-order valence-corrected chi connectivity index (χ2v) is 5.14. The van der Waals surface area contributed by atoms with Gasteiger partial charge in [-0.3, -0.25) is 0 Å². The first kappa shape index (κ1) is 12.1. The van der Waals surface area contributed by atoms with Gasteiger partial charge in [-0.15, -0.1) is 0 Å². The molecule has 19 heavy (non-hydrogen) atoms. The van der Waals surface area contributed by atoms with Crippen LogP contribution in [0.1, 0.15) is 5.56 Å². The number of nitrogens with two attached hydrogens (primary N) is 1. The summed E-state index contributed by atoms with van der Waals surface area (Å²) in [6, 6.07) is 18.2. The summed E-state index contributed by atoms with van der Waals surface area (Å²) in [5, 5.41) is 2.96. The van der Waals surface area contributed by atoms with Gasteiger partial charge in [0.25, 0.3) is 0 Å². The highest BCUT2D eigenvalue weighted by atomic mass is 35.5. The fourth-order valence-electron chi connectivity index (χ4n) is 2.42. The van der Waals surface area contributed by atoms with E-state index in [2.05, 4.69) is 18.2 Å².